The lowest BCUT2D eigenvalue weighted by atomic mass is 10.1. The Morgan fingerprint density at radius 3 is 2.68 bits per heavy atom. The molecule has 0 spiro atoms. The van der Waals surface area contributed by atoms with Crippen molar-refractivity contribution in [3.05, 3.63) is 33.9 Å². The van der Waals surface area contributed by atoms with Crippen LogP contribution in [0, 0.1) is 10.1 Å². The summed E-state index contributed by atoms with van der Waals surface area (Å²) in [5.74, 6) is -1.13. The maximum atomic E-state index is 11.1. The molecule has 1 saturated heterocycles. The summed E-state index contributed by atoms with van der Waals surface area (Å²) in [6.45, 7) is 2.23. The van der Waals surface area contributed by atoms with E-state index in [1.807, 2.05) is 0 Å². The SMILES string of the molecule is O=C(O)c1ccc([N+](=O)[O-])cc1NN1CCOCC1. The zero-order chi connectivity index (χ0) is 13.8. The van der Waals surface area contributed by atoms with E-state index in [0.717, 1.165) is 0 Å². The van der Waals surface area contributed by atoms with Gasteiger partial charge in [-0.05, 0) is 6.07 Å². The molecule has 0 radical (unpaired) electrons. The number of carboxylic acids is 1. The molecule has 1 aliphatic heterocycles. The number of aromatic carboxylic acids is 1. The number of benzene rings is 1. The fourth-order valence-corrected chi connectivity index (χ4v) is 1.77. The molecule has 2 N–H and O–H groups in total. The van der Waals surface area contributed by atoms with Gasteiger partial charge >= 0.3 is 5.97 Å². The molecule has 1 fully saturated rings. The van der Waals surface area contributed by atoms with Crippen molar-refractivity contribution >= 4 is 17.3 Å². The first-order valence-corrected chi connectivity index (χ1v) is 5.69. The minimum Gasteiger partial charge on any atom is -0.478 e. The fourth-order valence-electron chi connectivity index (χ4n) is 1.77. The summed E-state index contributed by atoms with van der Waals surface area (Å²) in [6.07, 6.45) is 0. The van der Waals surface area contributed by atoms with Crippen LogP contribution in [-0.2, 0) is 4.74 Å². The molecule has 102 valence electrons. The van der Waals surface area contributed by atoms with Crippen molar-refractivity contribution in [2.24, 2.45) is 0 Å². The van der Waals surface area contributed by atoms with Crippen LogP contribution in [0.25, 0.3) is 0 Å². The monoisotopic (exact) mass is 267 g/mol. The topological polar surface area (TPSA) is 105 Å². The summed E-state index contributed by atoms with van der Waals surface area (Å²) in [4.78, 5) is 21.3. The summed E-state index contributed by atoms with van der Waals surface area (Å²) < 4.78 is 5.17. The van der Waals surface area contributed by atoms with Crippen LogP contribution in [0.2, 0.25) is 0 Å². The molecule has 1 aromatic carbocycles. The molecule has 1 aliphatic rings. The van der Waals surface area contributed by atoms with Crippen LogP contribution in [0.1, 0.15) is 10.4 Å². The number of carbonyl (C=O) groups is 1. The van der Waals surface area contributed by atoms with Crippen LogP contribution in [-0.4, -0.2) is 47.3 Å². The molecule has 0 atom stereocenters. The van der Waals surface area contributed by atoms with Gasteiger partial charge in [-0.3, -0.25) is 10.1 Å². The summed E-state index contributed by atoms with van der Waals surface area (Å²) in [5.41, 5.74) is 2.95. The van der Waals surface area contributed by atoms with Gasteiger partial charge < -0.3 is 15.3 Å². The van der Waals surface area contributed by atoms with Crippen molar-refractivity contribution in [2.75, 3.05) is 31.7 Å². The zero-order valence-electron chi connectivity index (χ0n) is 10.0. The van der Waals surface area contributed by atoms with Crippen LogP contribution in [0.15, 0.2) is 18.2 Å². The highest BCUT2D eigenvalue weighted by Gasteiger charge is 2.18. The smallest absolute Gasteiger partial charge is 0.337 e. The number of ether oxygens (including phenoxy) is 1. The van der Waals surface area contributed by atoms with Gasteiger partial charge in [0.1, 0.15) is 0 Å². The predicted molar refractivity (Wildman–Crippen MR) is 66.1 cm³/mol. The number of hydrogen-bond donors (Lipinski definition) is 2. The Bertz CT molecular complexity index is 499. The number of carboxylic acid groups (broad SMARTS) is 1. The van der Waals surface area contributed by atoms with E-state index in [1.54, 1.807) is 5.01 Å². The molecule has 8 heteroatoms. The second kappa shape index (κ2) is 5.63. The highest BCUT2D eigenvalue weighted by molar-refractivity contribution is 5.94. The molecule has 0 saturated carbocycles. The van der Waals surface area contributed by atoms with Crippen molar-refractivity contribution in [3.8, 4) is 0 Å². The van der Waals surface area contributed by atoms with E-state index in [4.69, 9.17) is 9.84 Å². The largest absolute Gasteiger partial charge is 0.478 e. The van der Waals surface area contributed by atoms with Gasteiger partial charge in [0.25, 0.3) is 5.69 Å². The van der Waals surface area contributed by atoms with Gasteiger partial charge in [0.05, 0.1) is 29.4 Å². The van der Waals surface area contributed by atoms with Gasteiger partial charge in [0.2, 0.25) is 0 Å². The Morgan fingerprint density at radius 1 is 1.42 bits per heavy atom. The summed E-state index contributed by atoms with van der Waals surface area (Å²) in [7, 11) is 0. The summed E-state index contributed by atoms with van der Waals surface area (Å²) in [6, 6.07) is 3.62. The zero-order valence-corrected chi connectivity index (χ0v) is 10.0. The first kappa shape index (κ1) is 13.2. The fraction of sp³-hybridized carbons (Fsp3) is 0.364. The minimum atomic E-state index is -1.13. The summed E-state index contributed by atoms with van der Waals surface area (Å²) in [5, 5.41) is 21.6. The Morgan fingerprint density at radius 2 is 2.11 bits per heavy atom. The van der Waals surface area contributed by atoms with E-state index in [9.17, 15) is 14.9 Å². The normalized spacial score (nSPS) is 16.0. The van der Waals surface area contributed by atoms with Crippen LogP contribution >= 0.6 is 0 Å². The van der Waals surface area contributed by atoms with E-state index in [1.165, 1.54) is 18.2 Å². The van der Waals surface area contributed by atoms with Crippen LogP contribution in [0.5, 0.6) is 0 Å². The second-order valence-corrected chi connectivity index (χ2v) is 4.00. The average molecular weight is 267 g/mol. The molecule has 1 aromatic rings. The van der Waals surface area contributed by atoms with Crippen LogP contribution in [0.4, 0.5) is 11.4 Å². The third-order valence-electron chi connectivity index (χ3n) is 2.73. The number of morpholine rings is 1. The average Bonchev–Trinajstić information content (AvgIpc) is 2.39. The minimum absolute atomic E-state index is 0.00269. The number of nitrogens with one attached hydrogen (secondary N) is 1. The third-order valence-corrected chi connectivity index (χ3v) is 2.73. The molecular formula is C11H13N3O5. The molecule has 0 aromatic heterocycles. The van der Waals surface area contributed by atoms with Gasteiger partial charge in [-0.1, -0.05) is 0 Å². The molecule has 0 amide bonds. The molecule has 8 nitrogen and oxygen atoms in total. The van der Waals surface area contributed by atoms with Gasteiger partial charge in [-0.15, -0.1) is 0 Å². The van der Waals surface area contributed by atoms with Crippen molar-refractivity contribution in [1.82, 2.24) is 5.01 Å². The molecular weight excluding hydrogens is 254 g/mol. The maximum Gasteiger partial charge on any atom is 0.337 e. The second-order valence-electron chi connectivity index (χ2n) is 4.00. The maximum absolute atomic E-state index is 11.1. The highest BCUT2D eigenvalue weighted by Crippen LogP contribution is 2.23. The molecule has 1 heterocycles. The lowest BCUT2D eigenvalue weighted by Crippen LogP contribution is -2.40. The lowest BCUT2D eigenvalue weighted by molar-refractivity contribution is -0.384. The molecule has 0 bridgehead atoms. The number of hydrogen-bond acceptors (Lipinski definition) is 6. The predicted octanol–water partition coefficient (Wildman–Crippen LogP) is 0.952. The van der Waals surface area contributed by atoms with Crippen molar-refractivity contribution in [1.29, 1.82) is 0 Å². The van der Waals surface area contributed by atoms with Gasteiger partial charge in [-0.2, -0.15) is 0 Å². The molecule has 19 heavy (non-hydrogen) atoms. The molecule has 0 aliphatic carbocycles. The van der Waals surface area contributed by atoms with E-state index >= 15 is 0 Å². The number of anilines is 1. The Labute approximate surface area is 108 Å². The Balaban J connectivity index is 2.26. The van der Waals surface area contributed by atoms with E-state index < -0.39 is 10.9 Å². The third kappa shape index (κ3) is 3.18. The van der Waals surface area contributed by atoms with Crippen molar-refractivity contribution < 1.29 is 19.6 Å². The number of rotatable bonds is 4. The Hall–Kier alpha value is -2.19. The summed E-state index contributed by atoms with van der Waals surface area (Å²) >= 11 is 0. The number of nitro groups is 1. The van der Waals surface area contributed by atoms with Gasteiger partial charge in [-0.25, -0.2) is 9.80 Å². The number of nitro benzene ring substituents is 1. The van der Waals surface area contributed by atoms with Crippen LogP contribution in [0.3, 0.4) is 0 Å². The van der Waals surface area contributed by atoms with E-state index in [-0.39, 0.29) is 16.9 Å². The quantitative estimate of drug-likeness (QED) is 0.618. The van der Waals surface area contributed by atoms with Gasteiger partial charge in [0, 0.05) is 25.2 Å². The number of nitrogens with zero attached hydrogens (tertiary/aromatic N) is 2. The van der Waals surface area contributed by atoms with E-state index in [0.29, 0.717) is 26.3 Å². The van der Waals surface area contributed by atoms with Gasteiger partial charge in [0.15, 0.2) is 0 Å². The first-order chi connectivity index (χ1) is 9.08. The lowest BCUT2D eigenvalue weighted by Gasteiger charge is -2.28. The highest BCUT2D eigenvalue weighted by atomic mass is 16.6. The van der Waals surface area contributed by atoms with E-state index in [2.05, 4.69) is 5.43 Å². The molecule has 0 unspecified atom stereocenters. The van der Waals surface area contributed by atoms with Crippen molar-refractivity contribution in [2.45, 2.75) is 0 Å². The Kier molecular flexibility index (Phi) is 3.93. The standard InChI is InChI=1S/C11H13N3O5/c15-11(16)9-2-1-8(14(17)18)7-10(9)12-13-3-5-19-6-4-13/h1-2,7,12H,3-6H2,(H,15,16). The van der Waals surface area contributed by atoms with Crippen LogP contribution < -0.4 is 5.43 Å². The number of hydrazine groups is 1. The number of non-ortho nitro benzene ring substituents is 1. The van der Waals surface area contributed by atoms with Crippen molar-refractivity contribution in [3.63, 3.8) is 0 Å². The first-order valence-electron chi connectivity index (χ1n) is 5.69. The molecule has 2 rings (SSSR count).